The van der Waals surface area contributed by atoms with Gasteiger partial charge in [-0.1, -0.05) is 184 Å². The van der Waals surface area contributed by atoms with Gasteiger partial charge in [-0.15, -0.1) is 11.3 Å². The van der Waals surface area contributed by atoms with Crippen LogP contribution in [0.4, 0.5) is 0 Å². The van der Waals surface area contributed by atoms with Crippen LogP contribution < -0.4 is 0 Å². The van der Waals surface area contributed by atoms with Crippen LogP contribution in [0.5, 0.6) is 0 Å². The van der Waals surface area contributed by atoms with Gasteiger partial charge < -0.3 is 0 Å². The maximum absolute atomic E-state index is 5.36. The summed E-state index contributed by atoms with van der Waals surface area (Å²) in [6.07, 6.45) is 0. The molecule has 0 N–H and O–H groups in total. The minimum atomic E-state index is -0.133. The first kappa shape index (κ1) is 34.3. The molecule has 1 aliphatic rings. The molecule has 1 aliphatic carbocycles. The molecule has 0 spiro atoms. The van der Waals surface area contributed by atoms with E-state index >= 15 is 0 Å². The molecule has 10 aromatic rings. The van der Waals surface area contributed by atoms with Crippen molar-refractivity contribution in [3.8, 4) is 78.7 Å². The van der Waals surface area contributed by atoms with E-state index in [9.17, 15) is 0 Å². The Hall–Kier alpha value is -7.01. The Kier molecular flexibility index (Phi) is 8.02. The van der Waals surface area contributed by atoms with Crippen molar-refractivity contribution in [3.63, 3.8) is 0 Å². The van der Waals surface area contributed by atoms with Crippen LogP contribution in [-0.2, 0) is 5.41 Å². The molecule has 58 heavy (non-hydrogen) atoms. The van der Waals surface area contributed by atoms with Crippen molar-refractivity contribution in [2.45, 2.75) is 19.3 Å². The topological polar surface area (TPSA) is 38.7 Å². The maximum Gasteiger partial charge on any atom is 0.164 e. The van der Waals surface area contributed by atoms with Gasteiger partial charge >= 0.3 is 0 Å². The third kappa shape index (κ3) is 5.60. The Balaban J connectivity index is 1.05. The highest BCUT2D eigenvalue weighted by Gasteiger charge is 2.37. The van der Waals surface area contributed by atoms with Crippen molar-refractivity contribution in [3.05, 3.63) is 199 Å². The molecular weight excluding hydrogens is 723 g/mol. The Morgan fingerprint density at radius 1 is 0.362 bits per heavy atom. The average Bonchev–Trinajstić information content (AvgIpc) is 3.78. The molecular formula is C54H37N3S. The van der Waals surface area contributed by atoms with Gasteiger partial charge in [0.15, 0.2) is 17.5 Å². The highest BCUT2D eigenvalue weighted by Crippen LogP contribution is 2.52. The van der Waals surface area contributed by atoms with Crippen molar-refractivity contribution in [1.29, 1.82) is 0 Å². The molecule has 0 fully saturated rings. The summed E-state index contributed by atoms with van der Waals surface area (Å²) in [4.78, 5) is 15.8. The summed E-state index contributed by atoms with van der Waals surface area (Å²) >= 11 is 1.81. The molecule has 0 unspecified atom stereocenters. The molecule has 0 atom stereocenters. The van der Waals surface area contributed by atoms with Crippen molar-refractivity contribution < 1.29 is 0 Å². The van der Waals surface area contributed by atoms with Crippen LogP contribution in [-0.4, -0.2) is 15.0 Å². The van der Waals surface area contributed by atoms with Gasteiger partial charge in [0.25, 0.3) is 0 Å². The van der Waals surface area contributed by atoms with E-state index in [-0.39, 0.29) is 5.41 Å². The second-order valence-corrected chi connectivity index (χ2v) is 16.6. The molecule has 8 aromatic carbocycles. The lowest BCUT2D eigenvalue weighted by molar-refractivity contribution is 0.660. The van der Waals surface area contributed by atoms with E-state index in [2.05, 4.69) is 184 Å². The number of fused-ring (bicyclic) bond motifs is 6. The summed E-state index contributed by atoms with van der Waals surface area (Å²) in [5, 5.41) is 2.37. The first-order chi connectivity index (χ1) is 28.5. The van der Waals surface area contributed by atoms with Gasteiger partial charge in [-0.25, -0.2) is 15.0 Å². The number of hydrogen-bond donors (Lipinski definition) is 0. The molecule has 3 nitrogen and oxygen atoms in total. The zero-order chi connectivity index (χ0) is 38.8. The third-order valence-corrected chi connectivity index (χ3v) is 12.9. The van der Waals surface area contributed by atoms with Crippen LogP contribution in [0.1, 0.15) is 25.0 Å². The van der Waals surface area contributed by atoms with Crippen LogP contribution in [0.2, 0.25) is 0 Å². The Morgan fingerprint density at radius 3 is 1.62 bits per heavy atom. The quantitative estimate of drug-likeness (QED) is 0.169. The maximum atomic E-state index is 5.36. The van der Waals surface area contributed by atoms with Gasteiger partial charge in [0.1, 0.15) is 0 Å². The molecule has 2 aromatic heterocycles. The van der Waals surface area contributed by atoms with Gasteiger partial charge in [-0.2, -0.15) is 0 Å². The van der Waals surface area contributed by atoms with Gasteiger partial charge in [0.2, 0.25) is 0 Å². The highest BCUT2D eigenvalue weighted by molar-refractivity contribution is 7.26. The number of hydrogen-bond acceptors (Lipinski definition) is 4. The first-order valence-corrected chi connectivity index (χ1v) is 20.6. The number of thiophene rings is 1. The molecule has 0 bridgehead atoms. The Bertz CT molecular complexity index is 3180. The largest absolute Gasteiger partial charge is 0.208 e. The Labute approximate surface area is 342 Å². The van der Waals surface area contributed by atoms with E-state index in [1.165, 1.54) is 75.8 Å². The predicted molar refractivity (Wildman–Crippen MR) is 243 cm³/mol. The molecule has 11 rings (SSSR count). The van der Waals surface area contributed by atoms with E-state index in [1.54, 1.807) is 0 Å². The van der Waals surface area contributed by atoms with Crippen LogP contribution >= 0.6 is 11.3 Å². The second-order valence-electron chi connectivity index (χ2n) is 15.6. The molecule has 274 valence electrons. The molecule has 0 radical (unpaired) electrons. The van der Waals surface area contributed by atoms with Crippen LogP contribution in [0.3, 0.4) is 0 Å². The molecule has 4 heteroatoms. The fourth-order valence-electron chi connectivity index (χ4n) is 8.91. The summed E-state index contributed by atoms with van der Waals surface area (Å²) < 4.78 is 2.44. The van der Waals surface area contributed by atoms with Crippen LogP contribution in [0, 0.1) is 0 Å². The number of rotatable bonds is 6. The standard InChI is InChI=1S/C54H37N3S/c1-54(2)45-24-12-11-21-41(45)49-42(22-13-25-46(49)54)52-55-51(37-17-7-4-8-18-37)56-53(57-52)43-23-14-26-48-50(43)44-33-38(31-32-47(44)58-48)34-27-29-36(30-28-34)40-20-10-9-19-39(40)35-15-5-3-6-16-35/h3-33H,1-2H3. The molecule has 0 saturated carbocycles. The summed E-state index contributed by atoms with van der Waals surface area (Å²) in [7, 11) is 0. The SMILES string of the molecule is CC1(C)c2ccccc2-c2c(-c3nc(-c4ccccc4)nc(-c4cccc5sc6ccc(-c7ccc(-c8ccccc8-c8ccccc8)cc7)cc6c45)n3)cccc21. The fraction of sp³-hybridized carbons (Fsp3) is 0.0556. The summed E-state index contributed by atoms with van der Waals surface area (Å²) in [6.45, 7) is 4.62. The molecule has 2 heterocycles. The minimum Gasteiger partial charge on any atom is -0.208 e. The fourth-order valence-corrected chi connectivity index (χ4v) is 10.0. The van der Waals surface area contributed by atoms with Gasteiger partial charge in [0.05, 0.1) is 0 Å². The normalized spacial score (nSPS) is 12.8. The molecule has 0 aliphatic heterocycles. The predicted octanol–water partition coefficient (Wildman–Crippen LogP) is 14.5. The number of benzene rings is 8. The smallest absolute Gasteiger partial charge is 0.164 e. The van der Waals surface area contributed by atoms with Crippen molar-refractivity contribution in [1.82, 2.24) is 15.0 Å². The zero-order valence-corrected chi connectivity index (χ0v) is 33.0. The van der Waals surface area contributed by atoms with E-state index in [0.29, 0.717) is 17.5 Å². The number of aromatic nitrogens is 3. The average molecular weight is 760 g/mol. The minimum absolute atomic E-state index is 0.133. The Morgan fingerprint density at radius 2 is 0.879 bits per heavy atom. The lowest BCUT2D eigenvalue weighted by atomic mass is 9.82. The van der Waals surface area contributed by atoms with Crippen molar-refractivity contribution >= 4 is 31.5 Å². The van der Waals surface area contributed by atoms with E-state index in [1.807, 2.05) is 29.5 Å². The monoisotopic (exact) mass is 759 g/mol. The second kappa shape index (κ2) is 13.6. The van der Waals surface area contributed by atoms with E-state index in [0.717, 1.165) is 16.7 Å². The lowest BCUT2D eigenvalue weighted by Crippen LogP contribution is -2.14. The lowest BCUT2D eigenvalue weighted by Gasteiger charge is -2.21. The first-order valence-electron chi connectivity index (χ1n) is 19.8. The number of nitrogens with zero attached hydrogens (tertiary/aromatic N) is 3. The van der Waals surface area contributed by atoms with Gasteiger partial charge in [0, 0.05) is 42.3 Å². The molecule has 0 saturated heterocycles. The van der Waals surface area contributed by atoms with Crippen LogP contribution in [0.15, 0.2) is 188 Å². The summed E-state index contributed by atoms with van der Waals surface area (Å²) in [6, 6.07) is 67.2. The van der Waals surface area contributed by atoms with Crippen molar-refractivity contribution in [2.24, 2.45) is 0 Å². The van der Waals surface area contributed by atoms with Gasteiger partial charge in [-0.05, 0) is 73.8 Å². The van der Waals surface area contributed by atoms with Crippen molar-refractivity contribution in [2.75, 3.05) is 0 Å². The van der Waals surface area contributed by atoms with E-state index in [4.69, 9.17) is 15.0 Å². The van der Waals surface area contributed by atoms with Gasteiger partial charge in [-0.3, -0.25) is 0 Å². The third-order valence-electron chi connectivity index (χ3n) is 11.8. The highest BCUT2D eigenvalue weighted by atomic mass is 32.1. The zero-order valence-electron chi connectivity index (χ0n) is 32.1. The summed E-state index contributed by atoms with van der Waals surface area (Å²) in [5.74, 6) is 2.01. The van der Waals surface area contributed by atoms with Crippen LogP contribution in [0.25, 0.3) is 98.8 Å². The summed E-state index contributed by atoms with van der Waals surface area (Å²) in [5.41, 5.74) is 15.1. The molecule has 0 amide bonds. The van der Waals surface area contributed by atoms with E-state index < -0.39 is 0 Å².